The molecule has 1 aromatic heterocycles. The number of nitrogens with one attached hydrogen (secondary N) is 1. The van der Waals surface area contributed by atoms with E-state index in [0.29, 0.717) is 12.1 Å². The van der Waals surface area contributed by atoms with E-state index in [1.165, 1.54) is 24.8 Å². The van der Waals surface area contributed by atoms with Crippen LogP contribution in [0.2, 0.25) is 0 Å². The van der Waals surface area contributed by atoms with Gasteiger partial charge >= 0.3 is 0 Å². The second-order valence-corrected chi connectivity index (χ2v) is 6.13. The molecule has 2 atom stereocenters. The maximum atomic E-state index is 5.51. The van der Waals surface area contributed by atoms with Crippen LogP contribution in [0.1, 0.15) is 24.3 Å². The maximum absolute atomic E-state index is 5.51. The molecule has 0 aliphatic heterocycles. The van der Waals surface area contributed by atoms with Crippen LogP contribution in [0, 0.1) is 0 Å². The molecule has 3 rings (SSSR count). The quantitative estimate of drug-likeness (QED) is 0.915. The van der Waals surface area contributed by atoms with Crippen LogP contribution in [0.5, 0.6) is 0 Å². The van der Waals surface area contributed by atoms with Gasteiger partial charge in [-0.15, -0.1) is 11.3 Å². The molecule has 1 aliphatic carbocycles. The van der Waals surface area contributed by atoms with Gasteiger partial charge in [-0.05, 0) is 19.3 Å². The Labute approximate surface area is 124 Å². The standard InChI is InChI=1S/C16H20N2OS/c1-19-15-9-5-8-13(15)17-10-16-18-14(11-20-16)12-6-3-2-4-7-12/h2-4,6-7,11,13,15,17H,5,8-10H2,1H3. The lowest BCUT2D eigenvalue weighted by molar-refractivity contribution is 0.0847. The minimum absolute atomic E-state index is 0.364. The van der Waals surface area contributed by atoms with E-state index in [9.17, 15) is 0 Å². The third kappa shape index (κ3) is 3.08. The van der Waals surface area contributed by atoms with Crippen molar-refractivity contribution in [1.29, 1.82) is 0 Å². The van der Waals surface area contributed by atoms with Crippen LogP contribution in [0.4, 0.5) is 0 Å². The predicted octanol–water partition coefficient (Wildman–Crippen LogP) is 3.47. The molecule has 1 heterocycles. The highest BCUT2D eigenvalue weighted by atomic mass is 32.1. The third-order valence-electron chi connectivity index (χ3n) is 3.89. The minimum atomic E-state index is 0.364. The molecule has 1 aliphatic rings. The zero-order valence-electron chi connectivity index (χ0n) is 11.7. The lowest BCUT2D eigenvalue weighted by atomic mass is 10.2. The molecular formula is C16H20N2OS. The average molecular weight is 288 g/mol. The van der Waals surface area contributed by atoms with Gasteiger partial charge in [0.1, 0.15) is 5.01 Å². The second-order valence-electron chi connectivity index (χ2n) is 5.18. The van der Waals surface area contributed by atoms with Gasteiger partial charge in [-0.1, -0.05) is 30.3 Å². The van der Waals surface area contributed by atoms with E-state index in [4.69, 9.17) is 9.72 Å². The van der Waals surface area contributed by atoms with Crippen molar-refractivity contribution in [2.24, 2.45) is 0 Å². The van der Waals surface area contributed by atoms with Crippen LogP contribution in [-0.4, -0.2) is 24.2 Å². The number of aromatic nitrogens is 1. The van der Waals surface area contributed by atoms with Crippen molar-refractivity contribution in [2.75, 3.05) is 7.11 Å². The monoisotopic (exact) mass is 288 g/mol. The third-order valence-corrected chi connectivity index (χ3v) is 4.74. The molecule has 0 spiro atoms. The van der Waals surface area contributed by atoms with Crippen molar-refractivity contribution >= 4 is 11.3 Å². The fraction of sp³-hybridized carbons (Fsp3) is 0.438. The van der Waals surface area contributed by atoms with Crippen molar-refractivity contribution < 1.29 is 4.74 Å². The number of benzene rings is 1. The summed E-state index contributed by atoms with van der Waals surface area (Å²) >= 11 is 1.72. The molecule has 1 fully saturated rings. The second kappa shape index (κ2) is 6.48. The van der Waals surface area contributed by atoms with Crippen molar-refractivity contribution in [3.05, 3.63) is 40.7 Å². The molecule has 4 heteroatoms. The van der Waals surface area contributed by atoms with Crippen molar-refractivity contribution in [3.8, 4) is 11.3 Å². The summed E-state index contributed by atoms with van der Waals surface area (Å²) in [6.45, 7) is 0.835. The minimum Gasteiger partial charge on any atom is -0.380 e. The number of rotatable bonds is 5. The van der Waals surface area contributed by atoms with Gasteiger partial charge in [0, 0.05) is 30.6 Å². The lowest BCUT2D eigenvalue weighted by Crippen LogP contribution is -2.36. The Kier molecular flexibility index (Phi) is 4.45. The Balaban J connectivity index is 1.60. The first-order valence-corrected chi connectivity index (χ1v) is 8.01. The maximum Gasteiger partial charge on any atom is 0.107 e. The number of thiazole rings is 1. The van der Waals surface area contributed by atoms with Gasteiger partial charge in [0.05, 0.1) is 11.8 Å². The van der Waals surface area contributed by atoms with Gasteiger partial charge in [-0.2, -0.15) is 0 Å². The van der Waals surface area contributed by atoms with Gasteiger partial charge < -0.3 is 10.1 Å². The molecule has 3 nitrogen and oxygen atoms in total. The van der Waals surface area contributed by atoms with E-state index in [0.717, 1.165) is 17.2 Å². The predicted molar refractivity (Wildman–Crippen MR) is 82.8 cm³/mol. The smallest absolute Gasteiger partial charge is 0.107 e. The van der Waals surface area contributed by atoms with Crippen molar-refractivity contribution in [1.82, 2.24) is 10.3 Å². The number of hydrogen-bond donors (Lipinski definition) is 1. The molecule has 0 radical (unpaired) electrons. The lowest BCUT2D eigenvalue weighted by Gasteiger charge is -2.18. The van der Waals surface area contributed by atoms with Crippen LogP contribution in [0.25, 0.3) is 11.3 Å². The zero-order valence-corrected chi connectivity index (χ0v) is 12.5. The number of hydrogen-bond acceptors (Lipinski definition) is 4. The molecule has 2 aromatic rings. The summed E-state index contributed by atoms with van der Waals surface area (Å²) in [4.78, 5) is 4.71. The SMILES string of the molecule is COC1CCCC1NCc1nc(-c2ccccc2)cs1. The summed E-state index contributed by atoms with van der Waals surface area (Å²) in [5.41, 5.74) is 2.26. The van der Waals surface area contributed by atoms with Crippen LogP contribution in [-0.2, 0) is 11.3 Å². The molecule has 0 bridgehead atoms. The summed E-state index contributed by atoms with van der Waals surface area (Å²) in [7, 11) is 1.81. The van der Waals surface area contributed by atoms with Crippen LogP contribution < -0.4 is 5.32 Å². The van der Waals surface area contributed by atoms with E-state index in [-0.39, 0.29) is 0 Å². The van der Waals surface area contributed by atoms with Gasteiger partial charge in [0.2, 0.25) is 0 Å². The fourth-order valence-corrected chi connectivity index (χ4v) is 3.55. The Hall–Kier alpha value is -1.23. The molecule has 1 aromatic carbocycles. The van der Waals surface area contributed by atoms with E-state index < -0.39 is 0 Å². The van der Waals surface area contributed by atoms with E-state index >= 15 is 0 Å². The molecule has 0 saturated heterocycles. The molecule has 20 heavy (non-hydrogen) atoms. The first kappa shape index (κ1) is 13.7. The van der Waals surface area contributed by atoms with Crippen LogP contribution in [0.15, 0.2) is 35.7 Å². The van der Waals surface area contributed by atoms with Crippen LogP contribution in [0.3, 0.4) is 0 Å². The topological polar surface area (TPSA) is 34.1 Å². The van der Waals surface area contributed by atoms with Gasteiger partial charge in [0.25, 0.3) is 0 Å². The highest BCUT2D eigenvalue weighted by molar-refractivity contribution is 7.09. The summed E-state index contributed by atoms with van der Waals surface area (Å²) in [5.74, 6) is 0. The summed E-state index contributed by atoms with van der Waals surface area (Å²) in [6.07, 6.45) is 3.99. The largest absolute Gasteiger partial charge is 0.380 e. The highest BCUT2D eigenvalue weighted by Crippen LogP contribution is 2.24. The summed E-state index contributed by atoms with van der Waals surface area (Å²) in [5, 5.41) is 6.86. The van der Waals surface area contributed by atoms with E-state index in [2.05, 4.69) is 22.8 Å². The average Bonchev–Trinajstić information content (AvgIpc) is 3.15. The first-order valence-electron chi connectivity index (χ1n) is 7.13. The molecule has 0 amide bonds. The Bertz CT molecular complexity index is 540. The Morgan fingerprint density at radius 3 is 2.95 bits per heavy atom. The van der Waals surface area contributed by atoms with Crippen molar-refractivity contribution in [3.63, 3.8) is 0 Å². The highest BCUT2D eigenvalue weighted by Gasteiger charge is 2.26. The first-order chi connectivity index (χ1) is 9.86. The van der Waals surface area contributed by atoms with Gasteiger partial charge in [-0.25, -0.2) is 4.98 Å². The van der Waals surface area contributed by atoms with Gasteiger partial charge in [0.15, 0.2) is 0 Å². The Morgan fingerprint density at radius 2 is 2.15 bits per heavy atom. The number of nitrogens with zero attached hydrogens (tertiary/aromatic N) is 1. The summed E-state index contributed by atoms with van der Waals surface area (Å²) < 4.78 is 5.51. The van der Waals surface area contributed by atoms with Crippen LogP contribution >= 0.6 is 11.3 Å². The van der Waals surface area contributed by atoms with Gasteiger partial charge in [-0.3, -0.25) is 0 Å². The molecular weight excluding hydrogens is 268 g/mol. The molecule has 1 saturated carbocycles. The molecule has 106 valence electrons. The van der Waals surface area contributed by atoms with E-state index in [1.807, 2.05) is 25.3 Å². The normalized spacial score (nSPS) is 22.2. The zero-order chi connectivity index (χ0) is 13.8. The molecule has 2 unspecified atom stereocenters. The summed E-state index contributed by atoms with van der Waals surface area (Å²) in [6, 6.07) is 10.8. The number of ether oxygens (including phenoxy) is 1. The Morgan fingerprint density at radius 1 is 1.30 bits per heavy atom. The van der Waals surface area contributed by atoms with Crippen molar-refractivity contribution in [2.45, 2.75) is 38.0 Å². The van der Waals surface area contributed by atoms with E-state index in [1.54, 1.807) is 11.3 Å². The number of methoxy groups -OCH3 is 1. The molecule has 1 N–H and O–H groups in total. The fourth-order valence-electron chi connectivity index (χ4n) is 2.79.